The van der Waals surface area contributed by atoms with Gasteiger partial charge in [-0.15, -0.1) is 0 Å². The average molecular weight is 351 g/mol. The number of carbonyl (C=O) groups excluding carboxylic acids is 2. The fraction of sp³-hybridized carbons (Fsp3) is 0.312. The molecular formula is C16H19ClN4O3. The molecule has 1 heterocycles. The van der Waals surface area contributed by atoms with Crippen molar-refractivity contribution in [2.24, 2.45) is 7.05 Å². The van der Waals surface area contributed by atoms with Crippen molar-refractivity contribution in [2.45, 2.75) is 6.92 Å². The molecule has 0 aliphatic carbocycles. The van der Waals surface area contributed by atoms with Crippen molar-refractivity contribution < 1.29 is 14.3 Å². The summed E-state index contributed by atoms with van der Waals surface area (Å²) in [5.74, 6) is -0.136. The highest BCUT2D eigenvalue weighted by molar-refractivity contribution is 6.30. The number of hydrogen-bond acceptors (Lipinski definition) is 4. The molecule has 0 spiro atoms. The molecule has 0 bridgehead atoms. The van der Waals surface area contributed by atoms with Crippen molar-refractivity contribution in [3.8, 4) is 5.75 Å². The largest absolute Gasteiger partial charge is 0.484 e. The van der Waals surface area contributed by atoms with Crippen LogP contribution in [0.5, 0.6) is 5.75 Å². The number of nitrogens with one attached hydrogen (secondary N) is 1. The van der Waals surface area contributed by atoms with Gasteiger partial charge in [0.15, 0.2) is 12.3 Å². The van der Waals surface area contributed by atoms with Gasteiger partial charge < -0.3 is 15.0 Å². The molecule has 0 aliphatic heterocycles. The van der Waals surface area contributed by atoms with Crippen LogP contribution >= 0.6 is 11.6 Å². The van der Waals surface area contributed by atoms with Gasteiger partial charge in [-0.1, -0.05) is 11.6 Å². The lowest BCUT2D eigenvalue weighted by Gasteiger charge is -2.11. The molecule has 2 amide bonds. The normalized spacial score (nSPS) is 10.4. The van der Waals surface area contributed by atoms with Gasteiger partial charge in [-0.25, -0.2) is 0 Å². The highest BCUT2D eigenvalue weighted by Crippen LogP contribution is 2.21. The lowest BCUT2D eigenvalue weighted by atomic mass is 10.2. The minimum absolute atomic E-state index is 0.189. The van der Waals surface area contributed by atoms with E-state index >= 15 is 0 Å². The molecule has 0 atom stereocenters. The van der Waals surface area contributed by atoms with Crippen LogP contribution in [0.2, 0.25) is 5.02 Å². The molecule has 2 rings (SSSR count). The van der Waals surface area contributed by atoms with E-state index in [0.29, 0.717) is 22.2 Å². The zero-order chi connectivity index (χ0) is 17.9. The maximum absolute atomic E-state index is 12.2. The third kappa shape index (κ3) is 4.05. The zero-order valence-corrected chi connectivity index (χ0v) is 14.7. The van der Waals surface area contributed by atoms with Gasteiger partial charge in [0.25, 0.3) is 11.8 Å². The quantitative estimate of drug-likeness (QED) is 0.896. The van der Waals surface area contributed by atoms with Gasteiger partial charge in [0.05, 0.1) is 11.4 Å². The second-order valence-electron chi connectivity index (χ2n) is 5.42. The molecule has 0 fully saturated rings. The Morgan fingerprint density at radius 3 is 2.50 bits per heavy atom. The molecule has 0 unspecified atom stereocenters. The number of halogens is 1. The summed E-state index contributed by atoms with van der Waals surface area (Å²) in [5.41, 5.74) is 1.26. The third-order valence-corrected chi connectivity index (χ3v) is 3.64. The SMILES string of the molecule is Cc1c(NC(=O)COc2ccc(Cl)cc2)c(C(=O)N(C)C)nn1C. The number of aromatic nitrogens is 2. The minimum Gasteiger partial charge on any atom is -0.484 e. The minimum atomic E-state index is -0.381. The lowest BCUT2D eigenvalue weighted by molar-refractivity contribution is -0.118. The van der Waals surface area contributed by atoms with E-state index in [9.17, 15) is 9.59 Å². The number of nitrogens with zero attached hydrogens (tertiary/aromatic N) is 3. The van der Waals surface area contributed by atoms with Crippen LogP contribution in [-0.2, 0) is 11.8 Å². The van der Waals surface area contributed by atoms with Crippen molar-refractivity contribution in [3.63, 3.8) is 0 Å². The summed E-state index contributed by atoms with van der Waals surface area (Å²) >= 11 is 5.79. The molecule has 2 aromatic rings. The molecule has 8 heteroatoms. The van der Waals surface area contributed by atoms with Gasteiger partial charge in [0, 0.05) is 26.2 Å². The average Bonchev–Trinajstić information content (AvgIpc) is 2.81. The molecule has 0 aliphatic rings. The third-order valence-electron chi connectivity index (χ3n) is 3.39. The first-order valence-electron chi connectivity index (χ1n) is 7.23. The van der Waals surface area contributed by atoms with Crippen LogP contribution in [0, 0.1) is 6.92 Å². The Kier molecular flexibility index (Phi) is 5.46. The van der Waals surface area contributed by atoms with Crippen molar-refractivity contribution >= 4 is 29.1 Å². The van der Waals surface area contributed by atoms with Crippen LogP contribution in [0.3, 0.4) is 0 Å². The predicted octanol–water partition coefficient (Wildman–Crippen LogP) is 2.10. The topological polar surface area (TPSA) is 76.5 Å². The molecule has 0 saturated carbocycles. The molecule has 0 saturated heterocycles. The fourth-order valence-corrected chi connectivity index (χ4v) is 2.10. The van der Waals surface area contributed by atoms with Gasteiger partial charge in [-0.2, -0.15) is 5.10 Å². The fourth-order valence-electron chi connectivity index (χ4n) is 1.97. The van der Waals surface area contributed by atoms with Crippen LogP contribution in [0.25, 0.3) is 0 Å². The van der Waals surface area contributed by atoms with E-state index in [-0.39, 0.29) is 24.1 Å². The number of benzene rings is 1. The smallest absolute Gasteiger partial charge is 0.276 e. The summed E-state index contributed by atoms with van der Waals surface area (Å²) in [6.07, 6.45) is 0. The number of aryl methyl sites for hydroxylation is 1. The number of rotatable bonds is 5. The zero-order valence-electron chi connectivity index (χ0n) is 14.0. The van der Waals surface area contributed by atoms with Crippen LogP contribution in [0.15, 0.2) is 24.3 Å². The van der Waals surface area contributed by atoms with Crippen LogP contribution in [0.4, 0.5) is 5.69 Å². The molecule has 24 heavy (non-hydrogen) atoms. The Labute approximate surface area is 145 Å². The van der Waals surface area contributed by atoms with Crippen LogP contribution in [-0.4, -0.2) is 47.2 Å². The summed E-state index contributed by atoms with van der Waals surface area (Å²) in [5, 5.41) is 7.45. The van der Waals surface area contributed by atoms with Crippen molar-refractivity contribution in [1.82, 2.24) is 14.7 Å². The Morgan fingerprint density at radius 2 is 1.92 bits per heavy atom. The number of hydrogen-bond donors (Lipinski definition) is 1. The lowest BCUT2D eigenvalue weighted by Crippen LogP contribution is -2.26. The first-order chi connectivity index (χ1) is 11.3. The van der Waals surface area contributed by atoms with Gasteiger partial charge in [-0.3, -0.25) is 14.3 Å². The standard InChI is InChI=1S/C16H19ClN4O3/c1-10-14(15(19-21(10)4)16(23)20(2)3)18-13(22)9-24-12-7-5-11(17)6-8-12/h5-8H,9H2,1-4H3,(H,18,22). The monoisotopic (exact) mass is 350 g/mol. The summed E-state index contributed by atoms with van der Waals surface area (Å²) in [4.78, 5) is 25.7. The number of carbonyl (C=O) groups is 2. The van der Waals surface area contributed by atoms with Crippen molar-refractivity contribution in [2.75, 3.05) is 26.0 Å². The van der Waals surface area contributed by atoms with Gasteiger partial charge in [0.1, 0.15) is 5.75 Å². The molecule has 1 aromatic heterocycles. The summed E-state index contributed by atoms with van der Waals surface area (Å²) in [7, 11) is 4.96. The second-order valence-corrected chi connectivity index (χ2v) is 5.86. The van der Waals surface area contributed by atoms with E-state index in [4.69, 9.17) is 16.3 Å². The highest BCUT2D eigenvalue weighted by atomic mass is 35.5. The molecule has 1 N–H and O–H groups in total. The van der Waals surface area contributed by atoms with Gasteiger partial charge in [0.2, 0.25) is 0 Å². The number of anilines is 1. The summed E-state index contributed by atoms with van der Waals surface area (Å²) in [6, 6.07) is 6.69. The number of amides is 2. The van der Waals surface area contributed by atoms with Crippen LogP contribution < -0.4 is 10.1 Å². The van der Waals surface area contributed by atoms with Gasteiger partial charge in [-0.05, 0) is 31.2 Å². The maximum Gasteiger partial charge on any atom is 0.276 e. The summed E-state index contributed by atoms with van der Waals surface area (Å²) in [6.45, 7) is 1.58. The first kappa shape index (κ1) is 17.8. The van der Waals surface area contributed by atoms with E-state index in [1.54, 1.807) is 57.0 Å². The van der Waals surface area contributed by atoms with E-state index < -0.39 is 0 Å². The van der Waals surface area contributed by atoms with E-state index in [0.717, 1.165) is 0 Å². The maximum atomic E-state index is 12.2. The van der Waals surface area contributed by atoms with Crippen LogP contribution in [0.1, 0.15) is 16.2 Å². The first-order valence-corrected chi connectivity index (χ1v) is 7.61. The molecule has 0 radical (unpaired) electrons. The van der Waals surface area contributed by atoms with E-state index in [1.807, 2.05) is 0 Å². The predicted molar refractivity (Wildman–Crippen MR) is 91.5 cm³/mol. The van der Waals surface area contributed by atoms with E-state index in [2.05, 4.69) is 10.4 Å². The molecule has 1 aromatic carbocycles. The van der Waals surface area contributed by atoms with E-state index in [1.165, 1.54) is 4.90 Å². The Bertz CT molecular complexity index is 753. The Morgan fingerprint density at radius 1 is 1.29 bits per heavy atom. The summed E-state index contributed by atoms with van der Waals surface area (Å²) < 4.78 is 6.94. The molecule has 128 valence electrons. The number of ether oxygens (including phenoxy) is 1. The highest BCUT2D eigenvalue weighted by Gasteiger charge is 2.22. The second kappa shape index (κ2) is 7.35. The molecular weight excluding hydrogens is 332 g/mol. The van der Waals surface area contributed by atoms with Gasteiger partial charge >= 0.3 is 0 Å². The van der Waals surface area contributed by atoms with Crippen molar-refractivity contribution in [3.05, 3.63) is 40.7 Å². The Hall–Kier alpha value is -2.54. The molecule has 7 nitrogen and oxygen atoms in total. The Balaban J connectivity index is 2.08. The van der Waals surface area contributed by atoms with Crippen molar-refractivity contribution in [1.29, 1.82) is 0 Å².